The SMILES string of the molecule is CCCCOc1ccc(OC(F)F)c(-c2cccc(S(C)(=O)=O)c2)c1. The molecule has 0 N–H and O–H groups in total. The van der Waals surface area contributed by atoms with Crippen molar-refractivity contribution in [2.75, 3.05) is 12.9 Å². The lowest BCUT2D eigenvalue weighted by atomic mass is 10.0. The van der Waals surface area contributed by atoms with Crippen molar-refractivity contribution >= 4 is 9.84 Å². The Morgan fingerprint density at radius 3 is 2.52 bits per heavy atom. The van der Waals surface area contributed by atoms with Crippen LogP contribution < -0.4 is 9.47 Å². The summed E-state index contributed by atoms with van der Waals surface area (Å²) >= 11 is 0. The van der Waals surface area contributed by atoms with Gasteiger partial charge in [0.05, 0.1) is 11.5 Å². The lowest BCUT2D eigenvalue weighted by molar-refractivity contribution is -0.0494. The highest BCUT2D eigenvalue weighted by molar-refractivity contribution is 7.90. The van der Waals surface area contributed by atoms with Crippen LogP contribution >= 0.6 is 0 Å². The summed E-state index contributed by atoms with van der Waals surface area (Å²) in [5.41, 5.74) is 0.805. The average molecular weight is 370 g/mol. The predicted octanol–water partition coefficient (Wildman–Crippen LogP) is 4.54. The first-order valence-electron chi connectivity index (χ1n) is 7.83. The molecule has 0 atom stereocenters. The lowest BCUT2D eigenvalue weighted by Crippen LogP contribution is -2.04. The third kappa shape index (κ3) is 5.42. The van der Waals surface area contributed by atoms with Crippen LogP contribution in [0.15, 0.2) is 47.4 Å². The van der Waals surface area contributed by atoms with E-state index in [4.69, 9.17) is 4.74 Å². The van der Waals surface area contributed by atoms with Gasteiger partial charge in [0.2, 0.25) is 0 Å². The summed E-state index contributed by atoms with van der Waals surface area (Å²) in [5.74, 6) is 0.471. The maximum Gasteiger partial charge on any atom is 0.387 e. The molecule has 2 rings (SSSR count). The Kier molecular flexibility index (Phi) is 6.36. The van der Waals surface area contributed by atoms with E-state index in [9.17, 15) is 17.2 Å². The Labute approximate surface area is 146 Å². The molecule has 0 bridgehead atoms. The van der Waals surface area contributed by atoms with Gasteiger partial charge in [-0.1, -0.05) is 25.5 Å². The van der Waals surface area contributed by atoms with Gasteiger partial charge in [-0.2, -0.15) is 8.78 Å². The number of benzene rings is 2. The van der Waals surface area contributed by atoms with E-state index in [1.165, 1.54) is 18.2 Å². The molecule has 0 heterocycles. The summed E-state index contributed by atoms with van der Waals surface area (Å²) in [4.78, 5) is 0.102. The fraction of sp³-hybridized carbons (Fsp3) is 0.333. The molecule has 136 valence electrons. The number of alkyl halides is 2. The molecule has 0 amide bonds. The van der Waals surface area contributed by atoms with E-state index in [1.54, 1.807) is 24.3 Å². The molecule has 0 aromatic heterocycles. The summed E-state index contributed by atoms with van der Waals surface area (Å²) in [6.07, 6.45) is 2.93. The van der Waals surface area contributed by atoms with Crippen LogP contribution in [-0.2, 0) is 9.84 Å². The summed E-state index contributed by atoms with van der Waals surface area (Å²) in [5, 5.41) is 0. The van der Waals surface area contributed by atoms with Crippen molar-refractivity contribution in [2.24, 2.45) is 0 Å². The number of hydrogen-bond acceptors (Lipinski definition) is 4. The normalized spacial score (nSPS) is 11.6. The molecule has 0 aliphatic carbocycles. The number of rotatable bonds is 8. The number of unbranched alkanes of at least 4 members (excludes halogenated alkanes) is 1. The molecule has 0 aliphatic rings. The van der Waals surface area contributed by atoms with E-state index < -0.39 is 16.4 Å². The third-order valence-electron chi connectivity index (χ3n) is 3.51. The van der Waals surface area contributed by atoms with E-state index in [0.717, 1.165) is 19.1 Å². The number of sulfone groups is 1. The minimum atomic E-state index is -3.42. The van der Waals surface area contributed by atoms with Crippen molar-refractivity contribution in [1.29, 1.82) is 0 Å². The highest BCUT2D eigenvalue weighted by Gasteiger charge is 2.15. The second kappa shape index (κ2) is 8.29. The zero-order chi connectivity index (χ0) is 18.4. The van der Waals surface area contributed by atoms with Crippen molar-refractivity contribution < 1.29 is 26.7 Å². The summed E-state index contributed by atoms with van der Waals surface area (Å²) < 4.78 is 59.0. The summed E-state index contributed by atoms with van der Waals surface area (Å²) in [7, 11) is -3.42. The van der Waals surface area contributed by atoms with Crippen LogP contribution in [0.5, 0.6) is 11.5 Å². The summed E-state index contributed by atoms with van der Waals surface area (Å²) in [6, 6.07) is 10.6. The van der Waals surface area contributed by atoms with E-state index in [1.807, 2.05) is 6.92 Å². The van der Waals surface area contributed by atoms with Gasteiger partial charge in [0.15, 0.2) is 9.84 Å². The fourth-order valence-electron chi connectivity index (χ4n) is 2.25. The molecule has 0 unspecified atom stereocenters. The Balaban J connectivity index is 2.46. The van der Waals surface area contributed by atoms with Gasteiger partial charge in [0.25, 0.3) is 0 Å². The number of halogens is 2. The van der Waals surface area contributed by atoms with Gasteiger partial charge in [0, 0.05) is 11.8 Å². The van der Waals surface area contributed by atoms with Crippen molar-refractivity contribution in [3.8, 4) is 22.6 Å². The zero-order valence-electron chi connectivity index (χ0n) is 14.0. The van der Waals surface area contributed by atoms with Gasteiger partial charge in [-0.25, -0.2) is 8.42 Å². The lowest BCUT2D eigenvalue weighted by Gasteiger charge is -2.14. The van der Waals surface area contributed by atoms with E-state index >= 15 is 0 Å². The van der Waals surface area contributed by atoms with Gasteiger partial charge in [-0.3, -0.25) is 0 Å². The van der Waals surface area contributed by atoms with Crippen LogP contribution in [0.2, 0.25) is 0 Å². The quantitative estimate of drug-likeness (QED) is 0.640. The predicted molar refractivity (Wildman–Crippen MR) is 92.0 cm³/mol. The van der Waals surface area contributed by atoms with Crippen molar-refractivity contribution in [3.63, 3.8) is 0 Å². The van der Waals surface area contributed by atoms with Gasteiger partial charge in [0.1, 0.15) is 11.5 Å². The fourth-order valence-corrected chi connectivity index (χ4v) is 2.92. The van der Waals surface area contributed by atoms with Crippen LogP contribution in [0.4, 0.5) is 8.78 Å². The summed E-state index contributed by atoms with van der Waals surface area (Å²) in [6.45, 7) is -0.442. The van der Waals surface area contributed by atoms with Crippen LogP contribution in [0.25, 0.3) is 11.1 Å². The number of ether oxygens (including phenoxy) is 2. The van der Waals surface area contributed by atoms with Gasteiger partial charge >= 0.3 is 6.61 Å². The molecule has 0 saturated heterocycles. The Bertz CT molecular complexity index is 820. The van der Waals surface area contributed by atoms with Crippen molar-refractivity contribution in [1.82, 2.24) is 0 Å². The van der Waals surface area contributed by atoms with E-state index in [-0.39, 0.29) is 10.6 Å². The molecule has 0 spiro atoms. The molecular weight excluding hydrogens is 350 g/mol. The minimum absolute atomic E-state index is 0.0384. The second-order valence-electron chi connectivity index (χ2n) is 5.54. The molecule has 4 nitrogen and oxygen atoms in total. The second-order valence-corrected chi connectivity index (χ2v) is 7.55. The van der Waals surface area contributed by atoms with Crippen molar-refractivity contribution in [2.45, 2.75) is 31.3 Å². The first-order valence-corrected chi connectivity index (χ1v) is 9.72. The average Bonchev–Trinajstić information content (AvgIpc) is 2.55. The first-order chi connectivity index (χ1) is 11.8. The highest BCUT2D eigenvalue weighted by Crippen LogP contribution is 2.35. The van der Waals surface area contributed by atoms with E-state index in [2.05, 4.69) is 4.74 Å². The molecule has 0 saturated carbocycles. The van der Waals surface area contributed by atoms with Crippen LogP contribution in [0, 0.1) is 0 Å². The first kappa shape index (κ1) is 19.2. The maximum absolute atomic E-state index is 12.7. The third-order valence-corrected chi connectivity index (χ3v) is 4.62. The molecule has 0 radical (unpaired) electrons. The highest BCUT2D eigenvalue weighted by atomic mass is 32.2. The molecule has 0 aliphatic heterocycles. The number of hydrogen-bond donors (Lipinski definition) is 0. The zero-order valence-corrected chi connectivity index (χ0v) is 14.9. The molecule has 7 heteroatoms. The smallest absolute Gasteiger partial charge is 0.387 e. The van der Waals surface area contributed by atoms with Crippen LogP contribution in [0.3, 0.4) is 0 Å². The molecule has 2 aromatic carbocycles. The Morgan fingerprint density at radius 2 is 1.88 bits per heavy atom. The molecule has 0 fully saturated rings. The minimum Gasteiger partial charge on any atom is -0.494 e. The monoisotopic (exact) mass is 370 g/mol. The van der Waals surface area contributed by atoms with E-state index in [0.29, 0.717) is 23.5 Å². The van der Waals surface area contributed by atoms with Gasteiger partial charge in [-0.05, 0) is 42.3 Å². The molecule has 2 aromatic rings. The molecular formula is C18H20F2O4S. The molecule has 25 heavy (non-hydrogen) atoms. The maximum atomic E-state index is 12.7. The topological polar surface area (TPSA) is 52.6 Å². The largest absolute Gasteiger partial charge is 0.494 e. The Hall–Kier alpha value is -2.15. The van der Waals surface area contributed by atoms with Crippen molar-refractivity contribution in [3.05, 3.63) is 42.5 Å². The van der Waals surface area contributed by atoms with Crippen LogP contribution in [-0.4, -0.2) is 27.9 Å². The van der Waals surface area contributed by atoms with Gasteiger partial charge in [-0.15, -0.1) is 0 Å². The van der Waals surface area contributed by atoms with Gasteiger partial charge < -0.3 is 9.47 Å². The standard InChI is InChI=1S/C18H20F2O4S/c1-3-4-10-23-14-8-9-17(24-18(19)20)16(12-14)13-6-5-7-15(11-13)25(2,21)22/h5-9,11-12,18H,3-4,10H2,1-2H3. The Morgan fingerprint density at radius 1 is 1.12 bits per heavy atom. The van der Waals surface area contributed by atoms with Crippen LogP contribution in [0.1, 0.15) is 19.8 Å².